The fourth-order valence-corrected chi connectivity index (χ4v) is 2.52. The second-order valence-electron chi connectivity index (χ2n) is 5.18. The summed E-state index contributed by atoms with van der Waals surface area (Å²) in [5.74, 6) is 0.735. The number of aryl methyl sites for hydroxylation is 1. The molecule has 1 aromatic heterocycles. The Bertz CT molecular complexity index is 804. The van der Waals surface area contributed by atoms with Gasteiger partial charge < -0.3 is 14.6 Å². The molecule has 0 aliphatic carbocycles. The van der Waals surface area contributed by atoms with Crippen LogP contribution in [-0.2, 0) is 13.6 Å². The van der Waals surface area contributed by atoms with Gasteiger partial charge in [0, 0.05) is 24.5 Å². The van der Waals surface area contributed by atoms with E-state index in [4.69, 9.17) is 4.74 Å². The predicted molar refractivity (Wildman–Crippen MR) is 87.1 cm³/mol. The van der Waals surface area contributed by atoms with E-state index in [2.05, 4.69) is 5.32 Å². The molecule has 0 saturated heterocycles. The van der Waals surface area contributed by atoms with Crippen molar-refractivity contribution in [3.05, 3.63) is 65.9 Å². The molecular formula is C18H18N2O2. The van der Waals surface area contributed by atoms with Gasteiger partial charge in [-0.25, -0.2) is 0 Å². The molecule has 0 saturated carbocycles. The lowest BCUT2D eigenvalue weighted by Crippen LogP contribution is -2.24. The van der Waals surface area contributed by atoms with E-state index in [1.165, 1.54) is 0 Å². The zero-order chi connectivity index (χ0) is 15.5. The molecule has 2 aromatic carbocycles. The number of hydrogen-bond acceptors (Lipinski definition) is 2. The number of aromatic nitrogens is 1. The fourth-order valence-electron chi connectivity index (χ4n) is 2.52. The summed E-state index contributed by atoms with van der Waals surface area (Å²) in [4.78, 5) is 12.4. The van der Waals surface area contributed by atoms with E-state index in [1.54, 1.807) is 7.11 Å². The monoisotopic (exact) mass is 294 g/mol. The normalized spacial score (nSPS) is 10.6. The first-order valence-electron chi connectivity index (χ1n) is 7.14. The first kappa shape index (κ1) is 14.2. The molecule has 0 fully saturated rings. The Morgan fingerprint density at radius 1 is 1.14 bits per heavy atom. The van der Waals surface area contributed by atoms with Crippen LogP contribution in [0.2, 0.25) is 0 Å². The number of amides is 1. The van der Waals surface area contributed by atoms with Crippen molar-refractivity contribution in [1.82, 2.24) is 9.88 Å². The van der Waals surface area contributed by atoms with E-state index < -0.39 is 0 Å². The minimum Gasteiger partial charge on any atom is -0.497 e. The second kappa shape index (κ2) is 5.93. The number of para-hydroxylation sites is 1. The van der Waals surface area contributed by atoms with Crippen molar-refractivity contribution in [1.29, 1.82) is 0 Å². The van der Waals surface area contributed by atoms with Gasteiger partial charge in [0.15, 0.2) is 0 Å². The third-order valence-corrected chi connectivity index (χ3v) is 3.80. The van der Waals surface area contributed by atoms with Crippen LogP contribution >= 0.6 is 0 Å². The largest absolute Gasteiger partial charge is 0.497 e. The molecule has 1 N–H and O–H groups in total. The van der Waals surface area contributed by atoms with Crippen LogP contribution in [0, 0.1) is 0 Å². The van der Waals surface area contributed by atoms with Gasteiger partial charge in [0.05, 0.1) is 7.11 Å². The summed E-state index contributed by atoms with van der Waals surface area (Å²) < 4.78 is 7.04. The van der Waals surface area contributed by atoms with Crippen LogP contribution in [0.15, 0.2) is 54.6 Å². The summed E-state index contributed by atoms with van der Waals surface area (Å²) in [6.07, 6.45) is 0. The van der Waals surface area contributed by atoms with Gasteiger partial charge in [0.2, 0.25) is 0 Å². The van der Waals surface area contributed by atoms with Crippen molar-refractivity contribution in [3.63, 3.8) is 0 Å². The molecule has 3 aromatic rings. The summed E-state index contributed by atoms with van der Waals surface area (Å²) in [6.45, 7) is 0.490. The molecule has 0 spiro atoms. The number of rotatable bonds is 4. The van der Waals surface area contributed by atoms with Crippen molar-refractivity contribution in [2.75, 3.05) is 7.11 Å². The van der Waals surface area contributed by atoms with E-state index in [-0.39, 0.29) is 5.91 Å². The van der Waals surface area contributed by atoms with Gasteiger partial charge in [-0.05, 0) is 29.8 Å². The summed E-state index contributed by atoms with van der Waals surface area (Å²) in [5, 5.41) is 4.02. The number of ether oxygens (including phenoxy) is 1. The van der Waals surface area contributed by atoms with Crippen molar-refractivity contribution in [3.8, 4) is 5.75 Å². The van der Waals surface area contributed by atoms with Gasteiger partial charge in [-0.15, -0.1) is 0 Å². The van der Waals surface area contributed by atoms with Crippen LogP contribution in [0.1, 0.15) is 16.1 Å². The lowest BCUT2D eigenvalue weighted by atomic mass is 10.2. The molecular weight excluding hydrogens is 276 g/mol. The highest BCUT2D eigenvalue weighted by Gasteiger charge is 2.12. The number of hydrogen-bond donors (Lipinski definition) is 1. The van der Waals surface area contributed by atoms with Gasteiger partial charge in [-0.3, -0.25) is 4.79 Å². The average Bonchev–Trinajstić information content (AvgIpc) is 2.90. The molecule has 1 heterocycles. The highest BCUT2D eigenvalue weighted by molar-refractivity contribution is 5.98. The smallest absolute Gasteiger partial charge is 0.268 e. The Labute approximate surface area is 129 Å². The molecule has 0 aliphatic rings. The number of methoxy groups -OCH3 is 1. The molecule has 0 atom stereocenters. The van der Waals surface area contributed by atoms with Gasteiger partial charge in [0.25, 0.3) is 5.91 Å². The Kier molecular flexibility index (Phi) is 3.83. The van der Waals surface area contributed by atoms with E-state index in [0.29, 0.717) is 12.2 Å². The van der Waals surface area contributed by atoms with Gasteiger partial charge >= 0.3 is 0 Å². The molecule has 1 amide bonds. The lowest BCUT2D eigenvalue weighted by Gasteiger charge is -2.07. The topological polar surface area (TPSA) is 43.3 Å². The summed E-state index contributed by atoms with van der Waals surface area (Å²) in [7, 11) is 3.54. The second-order valence-corrected chi connectivity index (χ2v) is 5.18. The van der Waals surface area contributed by atoms with E-state index >= 15 is 0 Å². The van der Waals surface area contributed by atoms with E-state index in [9.17, 15) is 4.79 Å². The first-order chi connectivity index (χ1) is 10.7. The maximum Gasteiger partial charge on any atom is 0.268 e. The number of nitrogens with one attached hydrogen (secondary N) is 1. The van der Waals surface area contributed by atoms with Crippen LogP contribution in [-0.4, -0.2) is 17.6 Å². The predicted octanol–water partition coefficient (Wildman–Crippen LogP) is 3.12. The van der Waals surface area contributed by atoms with E-state index in [0.717, 1.165) is 22.2 Å². The number of benzene rings is 2. The Hall–Kier alpha value is -2.75. The highest BCUT2D eigenvalue weighted by atomic mass is 16.5. The molecule has 0 unspecified atom stereocenters. The average molecular weight is 294 g/mol. The highest BCUT2D eigenvalue weighted by Crippen LogP contribution is 2.18. The molecule has 112 valence electrons. The van der Waals surface area contributed by atoms with Crippen LogP contribution in [0.5, 0.6) is 5.75 Å². The minimum absolute atomic E-state index is 0.0745. The fraction of sp³-hybridized carbons (Fsp3) is 0.167. The van der Waals surface area contributed by atoms with E-state index in [1.807, 2.05) is 66.2 Å². The molecule has 3 rings (SSSR count). The number of fused-ring (bicyclic) bond motifs is 1. The van der Waals surface area contributed by atoms with Crippen LogP contribution < -0.4 is 10.1 Å². The van der Waals surface area contributed by atoms with Crippen LogP contribution in [0.25, 0.3) is 10.9 Å². The zero-order valence-corrected chi connectivity index (χ0v) is 12.7. The van der Waals surface area contributed by atoms with Crippen molar-refractivity contribution in [2.45, 2.75) is 6.54 Å². The minimum atomic E-state index is -0.0745. The van der Waals surface area contributed by atoms with Crippen LogP contribution in [0.4, 0.5) is 0 Å². The van der Waals surface area contributed by atoms with Gasteiger partial charge in [-0.1, -0.05) is 30.3 Å². The molecule has 0 aliphatic heterocycles. The number of carbonyl (C=O) groups is 1. The molecule has 4 heteroatoms. The first-order valence-corrected chi connectivity index (χ1v) is 7.14. The van der Waals surface area contributed by atoms with Crippen LogP contribution in [0.3, 0.4) is 0 Å². The quantitative estimate of drug-likeness (QED) is 0.803. The summed E-state index contributed by atoms with van der Waals surface area (Å²) in [6, 6.07) is 17.5. The van der Waals surface area contributed by atoms with Gasteiger partial charge in [-0.2, -0.15) is 0 Å². The third-order valence-electron chi connectivity index (χ3n) is 3.80. The molecule has 4 nitrogen and oxygen atoms in total. The summed E-state index contributed by atoms with van der Waals surface area (Å²) >= 11 is 0. The zero-order valence-electron chi connectivity index (χ0n) is 12.7. The SMILES string of the molecule is COc1ccc(CNC(=O)c2cc3ccccc3n2C)cc1. The van der Waals surface area contributed by atoms with Gasteiger partial charge in [0.1, 0.15) is 11.4 Å². The third kappa shape index (κ3) is 2.68. The number of carbonyl (C=O) groups excluding carboxylic acids is 1. The van der Waals surface area contributed by atoms with Crippen molar-refractivity contribution < 1.29 is 9.53 Å². The number of nitrogens with zero attached hydrogens (tertiary/aromatic N) is 1. The molecule has 22 heavy (non-hydrogen) atoms. The maximum atomic E-state index is 12.4. The Balaban J connectivity index is 1.74. The van der Waals surface area contributed by atoms with Crippen molar-refractivity contribution in [2.24, 2.45) is 7.05 Å². The van der Waals surface area contributed by atoms with Crippen molar-refractivity contribution >= 4 is 16.8 Å². The standard InChI is InChI=1S/C18H18N2O2/c1-20-16-6-4-3-5-14(16)11-17(20)18(21)19-12-13-7-9-15(22-2)10-8-13/h3-11H,12H2,1-2H3,(H,19,21). The Morgan fingerprint density at radius 2 is 1.86 bits per heavy atom. The maximum absolute atomic E-state index is 12.4. The summed E-state index contributed by atoms with van der Waals surface area (Å²) in [5.41, 5.74) is 2.75. The molecule has 0 radical (unpaired) electrons. The molecule has 0 bridgehead atoms. The lowest BCUT2D eigenvalue weighted by molar-refractivity contribution is 0.0943. The Morgan fingerprint density at radius 3 is 2.55 bits per heavy atom.